The number of nitrogens with one attached hydrogen (secondary N) is 2. The van der Waals surface area contributed by atoms with Gasteiger partial charge in [-0.05, 0) is 37.0 Å². The molecule has 1 fully saturated rings. The second-order valence-corrected chi connectivity index (χ2v) is 6.27. The summed E-state index contributed by atoms with van der Waals surface area (Å²) in [5.74, 6) is -0.397. The number of hydrogen-bond acceptors (Lipinski definition) is 5. The van der Waals surface area contributed by atoms with Crippen molar-refractivity contribution in [3.8, 4) is 0 Å². The Labute approximate surface area is 152 Å². The van der Waals surface area contributed by atoms with E-state index in [4.69, 9.17) is 4.74 Å². The molecule has 0 aliphatic carbocycles. The standard InChI is InChI=1S/C18H25N3O5/c1-12-14(19-16(22)11-25-2)5-4-6-15(12)20-18(24)21-8-7-13(10-21)9-17(23)26-3/h4-6,13H,7-11H2,1-3H3,(H,19,22)(H,20,24). The number of esters is 1. The number of carbonyl (C=O) groups excluding carboxylic acids is 3. The van der Waals surface area contributed by atoms with Crippen molar-refractivity contribution in [2.45, 2.75) is 19.8 Å². The number of nitrogens with zero attached hydrogens (tertiary/aromatic N) is 1. The molecule has 1 aliphatic heterocycles. The Morgan fingerprint density at radius 1 is 1.19 bits per heavy atom. The summed E-state index contributed by atoms with van der Waals surface area (Å²) in [5.41, 5.74) is 2.01. The molecule has 0 radical (unpaired) electrons. The van der Waals surface area contributed by atoms with Gasteiger partial charge in [0.15, 0.2) is 0 Å². The molecule has 0 saturated carbocycles. The Morgan fingerprint density at radius 3 is 2.54 bits per heavy atom. The van der Waals surface area contributed by atoms with E-state index in [9.17, 15) is 14.4 Å². The molecule has 0 aromatic heterocycles. The van der Waals surface area contributed by atoms with Gasteiger partial charge in [-0.25, -0.2) is 4.79 Å². The summed E-state index contributed by atoms with van der Waals surface area (Å²) in [7, 11) is 2.82. The molecule has 1 aliphatic rings. The van der Waals surface area contributed by atoms with Crippen LogP contribution in [-0.2, 0) is 19.1 Å². The molecule has 8 nitrogen and oxygen atoms in total. The quantitative estimate of drug-likeness (QED) is 0.754. The Bertz CT molecular complexity index is 677. The fraction of sp³-hybridized carbons (Fsp3) is 0.500. The second kappa shape index (κ2) is 9.19. The van der Waals surface area contributed by atoms with E-state index in [1.54, 1.807) is 23.1 Å². The number of carbonyl (C=O) groups is 3. The van der Waals surface area contributed by atoms with Crippen LogP contribution in [0.1, 0.15) is 18.4 Å². The van der Waals surface area contributed by atoms with Gasteiger partial charge in [-0.3, -0.25) is 9.59 Å². The molecule has 3 amide bonds. The normalized spacial score (nSPS) is 16.3. The van der Waals surface area contributed by atoms with Crippen molar-refractivity contribution < 1.29 is 23.9 Å². The third kappa shape index (κ3) is 5.19. The van der Waals surface area contributed by atoms with Crippen molar-refractivity contribution in [1.82, 2.24) is 4.90 Å². The average molecular weight is 363 g/mol. The fourth-order valence-electron chi connectivity index (χ4n) is 2.92. The number of rotatable bonds is 6. The Morgan fingerprint density at radius 2 is 1.88 bits per heavy atom. The van der Waals surface area contributed by atoms with E-state index in [-0.39, 0.29) is 30.4 Å². The number of likely N-dealkylation sites (tertiary alicyclic amines) is 1. The molecule has 142 valence electrons. The molecule has 0 bridgehead atoms. The second-order valence-electron chi connectivity index (χ2n) is 6.27. The first-order chi connectivity index (χ1) is 12.4. The summed E-state index contributed by atoms with van der Waals surface area (Å²) in [4.78, 5) is 37.2. The summed E-state index contributed by atoms with van der Waals surface area (Å²) >= 11 is 0. The topological polar surface area (TPSA) is 97.0 Å². The van der Waals surface area contributed by atoms with Gasteiger partial charge in [-0.15, -0.1) is 0 Å². The maximum atomic E-state index is 12.5. The van der Waals surface area contributed by atoms with Gasteiger partial charge >= 0.3 is 12.0 Å². The summed E-state index contributed by atoms with van der Waals surface area (Å²) in [5, 5.41) is 5.62. The van der Waals surface area contributed by atoms with Crippen molar-refractivity contribution >= 4 is 29.3 Å². The molecule has 1 atom stereocenters. The van der Waals surface area contributed by atoms with Crippen LogP contribution in [0.15, 0.2) is 18.2 Å². The first kappa shape index (κ1) is 19.7. The smallest absolute Gasteiger partial charge is 0.321 e. The van der Waals surface area contributed by atoms with Crippen molar-refractivity contribution in [3.63, 3.8) is 0 Å². The van der Waals surface area contributed by atoms with Crippen molar-refractivity contribution in [3.05, 3.63) is 23.8 Å². The lowest BCUT2D eigenvalue weighted by Crippen LogP contribution is -2.33. The van der Waals surface area contributed by atoms with Crippen LogP contribution in [0.25, 0.3) is 0 Å². The van der Waals surface area contributed by atoms with Gasteiger partial charge in [0.25, 0.3) is 0 Å². The highest BCUT2D eigenvalue weighted by atomic mass is 16.5. The molecule has 1 aromatic rings. The lowest BCUT2D eigenvalue weighted by atomic mass is 10.1. The van der Waals surface area contributed by atoms with Gasteiger partial charge in [0.1, 0.15) is 6.61 Å². The molecule has 2 rings (SSSR count). The molecule has 1 aromatic carbocycles. The number of amides is 3. The Kier molecular flexibility index (Phi) is 6.97. The number of ether oxygens (including phenoxy) is 2. The molecule has 1 saturated heterocycles. The number of benzene rings is 1. The first-order valence-electron chi connectivity index (χ1n) is 8.45. The molecular weight excluding hydrogens is 338 g/mol. The highest BCUT2D eigenvalue weighted by molar-refractivity contribution is 5.95. The maximum Gasteiger partial charge on any atom is 0.321 e. The fourth-order valence-corrected chi connectivity index (χ4v) is 2.92. The first-order valence-corrected chi connectivity index (χ1v) is 8.45. The van der Waals surface area contributed by atoms with Gasteiger partial charge in [0, 0.05) is 31.6 Å². The van der Waals surface area contributed by atoms with Crippen LogP contribution in [0.2, 0.25) is 0 Å². The van der Waals surface area contributed by atoms with Crippen LogP contribution in [0.5, 0.6) is 0 Å². The van der Waals surface area contributed by atoms with Crippen LogP contribution in [0, 0.1) is 12.8 Å². The van der Waals surface area contributed by atoms with Crippen molar-refractivity contribution in [2.75, 3.05) is 44.5 Å². The summed E-state index contributed by atoms with van der Waals surface area (Å²) < 4.78 is 9.48. The highest BCUT2D eigenvalue weighted by Crippen LogP contribution is 2.25. The van der Waals surface area contributed by atoms with Gasteiger partial charge in [0.05, 0.1) is 13.5 Å². The zero-order valence-corrected chi connectivity index (χ0v) is 15.3. The van der Waals surface area contributed by atoms with Crippen LogP contribution in [0.3, 0.4) is 0 Å². The number of hydrogen-bond donors (Lipinski definition) is 2. The van der Waals surface area contributed by atoms with Crippen molar-refractivity contribution in [2.24, 2.45) is 5.92 Å². The highest BCUT2D eigenvalue weighted by Gasteiger charge is 2.28. The van der Waals surface area contributed by atoms with Gasteiger partial charge in [0.2, 0.25) is 5.91 Å². The van der Waals surface area contributed by atoms with Crippen molar-refractivity contribution in [1.29, 1.82) is 0 Å². The van der Waals surface area contributed by atoms with Gasteiger partial charge in [-0.2, -0.15) is 0 Å². The third-order valence-electron chi connectivity index (χ3n) is 4.38. The largest absolute Gasteiger partial charge is 0.469 e. The van der Waals surface area contributed by atoms with Gasteiger partial charge in [-0.1, -0.05) is 6.07 Å². The molecule has 1 heterocycles. The zero-order chi connectivity index (χ0) is 19.1. The lowest BCUT2D eigenvalue weighted by molar-refractivity contribution is -0.141. The molecular formula is C18H25N3O5. The Hall–Kier alpha value is -2.61. The van der Waals surface area contributed by atoms with E-state index in [1.807, 2.05) is 6.92 Å². The minimum Gasteiger partial charge on any atom is -0.469 e. The predicted octanol–water partition coefficient (Wildman–Crippen LogP) is 2.00. The molecule has 1 unspecified atom stereocenters. The SMILES string of the molecule is COCC(=O)Nc1cccc(NC(=O)N2CCC(CC(=O)OC)C2)c1C. The Balaban J connectivity index is 1.97. The minimum atomic E-state index is -0.260. The minimum absolute atomic E-state index is 0.0363. The van der Waals surface area contributed by atoms with E-state index >= 15 is 0 Å². The summed E-state index contributed by atoms with van der Waals surface area (Å²) in [6.45, 7) is 2.90. The van der Waals surface area contributed by atoms with E-state index in [0.717, 1.165) is 12.0 Å². The number of urea groups is 1. The van der Waals surface area contributed by atoms with E-state index < -0.39 is 0 Å². The van der Waals surface area contributed by atoms with E-state index in [2.05, 4.69) is 15.4 Å². The third-order valence-corrected chi connectivity index (χ3v) is 4.38. The number of anilines is 2. The maximum absolute atomic E-state index is 12.5. The predicted molar refractivity (Wildman–Crippen MR) is 97.0 cm³/mol. The monoisotopic (exact) mass is 363 g/mol. The van der Waals surface area contributed by atoms with Gasteiger partial charge < -0.3 is 25.0 Å². The molecule has 8 heteroatoms. The van der Waals surface area contributed by atoms with E-state index in [0.29, 0.717) is 30.9 Å². The lowest BCUT2D eigenvalue weighted by Gasteiger charge is -2.19. The average Bonchev–Trinajstić information content (AvgIpc) is 3.07. The van der Waals surface area contributed by atoms with Crippen LogP contribution in [0.4, 0.5) is 16.2 Å². The molecule has 2 N–H and O–H groups in total. The molecule has 0 spiro atoms. The number of methoxy groups -OCH3 is 2. The molecule has 26 heavy (non-hydrogen) atoms. The summed E-state index contributed by atoms with van der Waals surface area (Å²) in [6, 6.07) is 5.08. The summed E-state index contributed by atoms with van der Waals surface area (Å²) in [6.07, 6.45) is 1.09. The van der Waals surface area contributed by atoms with Crippen LogP contribution >= 0.6 is 0 Å². The van der Waals surface area contributed by atoms with E-state index in [1.165, 1.54) is 14.2 Å². The zero-order valence-electron chi connectivity index (χ0n) is 15.3. The van der Waals surface area contributed by atoms with Crippen LogP contribution < -0.4 is 10.6 Å². The van der Waals surface area contributed by atoms with Crippen LogP contribution in [-0.4, -0.2) is 56.7 Å².